The zero-order chi connectivity index (χ0) is 13.4. The van der Waals surface area contributed by atoms with Gasteiger partial charge in [0, 0.05) is 11.1 Å². The summed E-state index contributed by atoms with van der Waals surface area (Å²) in [5.74, 6) is -0.331. The number of carbonyl (C=O) groups excluding carboxylic acids is 2. The SMILES string of the molecule is O=C1NC(=O)C(Cc2cc3ccccc3[nH]c2=O)S1. The number of thioether (sulfide) groups is 1. The lowest BCUT2D eigenvalue weighted by Crippen LogP contribution is -2.27. The molecule has 2 heterocycles. The van der Waals surface area contributed by atoms with E-state index in [9.17, 15) is 14.4 Å². The smallest absolute Gasteiger partial charge is 0.286 e. The van der Waals surface area contributed by atoms with E-state index in [2.05, 4.69) is 10.3 Å². The fourth-order valence-electron chi connectivity index (χ4n) is 2.07. The van der Waals surface area contributed by atoms with Crippen molar-refractivity contribution in [2.24, 2.45) is 0 Å². The molecule has 1 aliphatic heterocycles. The standard InChI is InChI=1S/C13H10N2O3S/c16-11-8(6-10-12(17)15-13(18)19-10)5-7-3-1-2-4-9(7)14-11/h1-5,10H,6H2,(H,14,16)(H,15,17,18). The van der Waals surface area contributed by atoms with Gasteiger partial charge < -0.3 is 4.98 Å². The zero-order valence-corrected chi connectivity index (χ0v) is 10.6. The summed E-state index contributed by atoms with van der Waals surface area (Å²) in [6.45, 7) is 0. The third kappa shape index (κ3) is 2.26. The molecule has 5 nitrogen and oxygen atoms in total. The van der Waals surface area contributed by atoms with Crippen molar-refractivity contribution in [1.29, 1.82) is 0 Å². The molecule has 0 bridgehead atoms. The van der Waals surface area contributed by atoms with Crippen LogP contribution in [0.25, 0.3) is 10.9 Å². The summed E-state index contributed by atoms with van der Waals surface area (Å²) in [4.78, 5) is 37.3. The van der Waals surface area contributed by atoms with E-state index >= 15 is 0 Å². The monoisotopic (exact) mass is 274 g/mol. The van der Waals surface area contributed by atoms with Gasteiger partial charge in [0.05, 0.1) is 5.25 Å². The minimum Gasteiger partial charge on any atom is -0.322 e. The molecule has 0 saturated carbocycles. The Kier molecular flexibility index (Phi) is 2.87. The number of pyridine rings is 1. The van der Waals surface area contributed by atoms with Crippen molar-refractivity contribution in [3.05, 3.63) is 46.2 Å². The highest BCUT2D eigenvalue weighted by molar-refractivity contribution is 8.15. The van der Waals surface area contributed by atoms with Crippen LogP contribution in [0.5, 0.6) is 0 Å². The Morgan fingerprint density at radius 1 is 1.16 bits per heavy atom. The van der Waals surface area contributed by atoms with E-state index in [4.69, 9.17) is 0 Å². The Morgan fingerprint density at radius 2 is 1.95 bits per heavy atom. The van der Waals surface area contributed by atoms with Crippen LogP contribution in [-0.4, -0.2) is 21.4 Å². The van der Waals surface area contributed by atoms with Crippen molar-refractivity contribution in [3.63, 3.8) is 0 Å². The summed E-state index contributed by atoms with van der Waals surface area (Å²) in [6.07, 6.45) is 0.252. The van der Waals surface area contributed by atoms with Gasteiger partial charge in [0.2, 0.25) is 5.91 Å². The number of rotatable bonds is 2. The number of amides is 2. The van der Waals surface area contributed by atoms with Crippen LogP contribution in [0.3, 0.4) is 0 Å². The van der Waals surface area contributed by atoms with Crippen LogP contribution in [-0.2, 0) is 11.2 Å². The topological polar surface area (TPSA) is 79.0 Å². The van der Waals surface area contributed by atoms with Crippen LogP contribution in [0.1, 0.15) is 5.56 Å². The molecule has 1 unspecified atom stereocenters. The first-order valence-corrected chi connectivity index (χ1v) is 6.64. The molecular weight excluding hydrogens is 264 g/mol. The molecule has 1 aromatic carbocycles. The van der Waals surface area contributed by atoms with E-state index in [-0.39, 0.29) is 23.1 Å². The number of nitrogens with one attached hydrogen (secondary N) is 2. The highest BCUT2D eigenvalue weighted by atomic mass is 32.2. The molecule has 6 heteroatoms. The number of benzene rings is 1. The van der Waals surface area contributed by atoms with Gasteiger partial charge in [0.25, 0.3) is 10.8 Å². The molecular formula is C13H10N2O3S. The van der Waals surface area contributed by atoms with Crippen LogP contribution >= 0.6 is 11.8 Å². The van der Waals surface area contributed by atoms with Crippen LogP contribution in [0.15, 0.2) is 35.1 Å². The molecule has 1 saturated heterocycles. The second-order valence-corrected chi connectivity index (χ2v) is 5.47. The van der Waals surface area contributed by atoms with Crippen molar-refractivity contribution in [3.8, 4) is 0 Å². The molecule has 0 radical (unpaired) electrons. The number of aromatic amines is 1. The van der Waals surface area contributed by atoms with Crippen molar-refractivity contribution in [2.45, 2.75) is 11.7 Å². The van der Waals surface area contributed by atoms with Crippen LogP contribution in [0.4, 0.5) is 4.79 Å². The Balaban J connectivity index is 1.97. The maximum absolute atomic E-state index is 11.9. The number of hydrogen-bond donors (Lipinski definition) is 2. The number of imide groups is 1. The fourth-order valence-corrected chi connectivity index (χ4v) is 2.92. The number of fused-ring (bicyclic) bond motifs is 1. The Labute approximate surface area is 112 Å². The molecule has 96 valence electrons. The number of hydrogen-bond acceptors (Lipinski definition) is 4. The summed E-state index contributed by atoms with van der Waals surface area (Å²) in [5.41, 5.74) is 1.06. The van der Waals surface area contributed by atoms with Gasteiger partial charge in [-0.05, 0) is 23.9 Å². The van der Waals surface area contributed by atoms with Gasteiger partial charge in [-0.2, -0.15) is 0 Å². The van der Waals surface area contributed by atoms with Gasteiger partial charge in [-0.1, -0.05) is 30.0 Å². The molecule has 19 heavy (non-hydrogen) atoms. The third-order valence-corrected chi connectivity index (χ3v) is 3.98. The summed E-state index contributed by atoms with van der Waals surface area (Å²) in [5, 5.41) is 2.25. The largest absolute Gasteiger partial charge is 0.322 e. The molecule has 1 aliphatic rings. The van der Waals surface area contributed by atoms with Crippen LogP contribution < -0.4 is 10.9 Å². The van der Waals surface area contributed by atoms with E-state index in [0.717, 1.165) is 22.7 Å². The Bertz CT molecular complexity index is 738. The van der Waals surface area contributed by atoms with E-state index in [1.54, 1.807) is 6.07 Å². The second kappa shape index (κ2) is 4.55. The van der Waals surface area contributed by atoms with Gasteiger partial charge in [-0.25, -0.2) is 0 Å². The van der Waals surface area contributed by atoms with Gasteiger partial charge in [0.15, 0.2) is 0 Å². The lowest BCUT2D eigenvalue weighted by atomic mass is 10.1. The number of carbonyl (C=O) groups is 2. The van der Waals surface area contributed by atoms with Crippen LogP contribution in [0, 0.1) is 0 Å². The maximum atomic E-state index is 11.9. The molecule has 1 fully saturated rings. The van der Waals surface area contributed by atoms with E-state index < -0.39 is 5.25 Å². The molecule has 2 aromatic rings. The molecule has 2 N–H and O–H groups in total. The maximum Gasteiger partial charge on any atom is 0.286 e. The van der Waals surface area contributed by atoms with Crippen molar-refractivity contribution in [2.75, 3.05) is 0 Å². The zero-order valence-electron chi connectivity index (χ0n) is 9.80. The summed E-state index contributed by atoms with van der Waals surface area (Å²) >= 11 is 0.930. The van der Waals surface area contributed by atoms with Crippen LogP contribution in [0.2, 0.25) is 0 Å². The van der Waals surface area contributed by atoms with E-state index in [1.165, 1.54) is 0 Å². The quantitative estimate of drug-likeness (QED) is 0.868. The van der Waals surface area contributed by atoms with Crippen molar-refractivity contribution < 1.29 is 9.59 Å². The minimum atomic E-state index is -0.519. The second-order valence-electron chi connectivity index (χ2n) is 4.30. The highest BCUT2D eigenvalue weighted by Gasteiger charge is 2.32. The Hall–Kier alpha value is -2.08. The summed E-state index contributed by atoms with van der Waals surface area (Å²) in [6, 6.07) is 9.20. The lowest BCUT2D eigenvalue weighted by molar-refractivity contribution is -0.118. The van der Waals surface area contributed by atoms with E-state index in [0.29, 0.717) is 5.56 Å². The molecule has 1 aromatic heterocycles. The Morgan fingerprint density at radius 3 is 2.68 bits per heavy atom. The molecule has 1 atom stereocenters. The number of para-hydroxylation sites is 1. The normalized spacial score (nSPS) is 18.8. The molecule has 0 aliphatic carbocycles. The number of aromatic nitrogens is 1. The molecule has 2 amide bonds. The first kappa shape index (κ1) is 12.0. The minimum absolute atomic E-state index is 0.216. The predicted octanol–water partition coefficient (Wildman–Crippen LogP) is 1.42. The van der Waals surface area contributed by atoms with Crippen molar-refractivity contribution >= 4 is 33.8 Å². The van der Waals surface area contributed by atoms with Crippen molar-refractivity contribution in [1.82, 2.24) is 10.3 Å². The number of H-pyrrole nitrogens is 1. The summed E-state index contributed by atoms with van der Waals surface area (Å²) in [7, 11) is 0. The first-order chi connectivity index (χ1) is 9.13. The molecule has 3 rings (SSSR count). The average Bonchev–Trinajstić information content (AvgIpc) is 2.69. The molecule has 0 spiro atoms. The van der Waals surface area contributed by atoms with Gasteiger partial charge >= 0.3 is 0 Å². The lowest BCUT2D eigenvalue weighted by Gasteiger charge is -2.06. The van der Waals surface area contributed by atoms with E-state index in [1.807, 2.05) is 24.3 Å². The van der Waals surface area contributed by atoms with Gasteiger partial charge in [-0.15, -0.1) is 0 Å². The third-order valence-electron chi connectivity index (χ3n) is 3.00. The van der Waals surface area contributed by atoms with Gasteiger partial charge in [-0.3, -0.25) is 19.7 Å². The highest BCUT2D eigenvalue weighted by Crippen LogP contribution is 2.22. The summed E-state index contributed by atoms with van der Waals surface area (Å²) < 4.78 is 0. The first-order valence-electron chi connectivity index (χ1n) is 5.76. The van der Waals surface area contributed by atoms with Gasteiger partial charge in [0.1, 0.15) is 0 Å². The predicted molar refractivity (Wildman–Crippen MR) is 73.2 cm³/mol. The fraction of sp³-hybridized carbons (Fsp3) is 0.154. The average molecular weight is 274 g/mol.